The minimum Gasteiger partial charge on any atom is -0.449 e. The third-order valence-corrected chi connectivity index (χ3v) is 12.2. The van der Waals surface area contributed by atoms with Crippen molar-refractivity contribution in [3.8, 4) is 0 Å². The predicted octanol–water partition coefficient (Wildman–Crippen LogP) is 16.6. The second-order valence-corrected chi connectivity index (χ2v) is 18.8. The Morgan fingerprint density at radius 1 is 0.473 bits per heavy atom. The molecule has 0 saturated carbocycles. The van der Waals surface area contributed by atoms with Crippen molar-refractivity contribution in [1.82, 2.24) is 4.90 Å². The first-order chi connectivity index (χ1) is 26.6. The quantitative estimate of drug-likeness (QED) is 0.0578. The highest BCUT2D eigenvalue weighted by Gasteiger charge is 2.22. The standard InChI is InChI=1S/C50H101NO4/c1-9-11-13-15-17-19-21-23-25-27-29-31-33-35-37-40-47(41-38-36-34-32-30-28-26-24-22-20-18-16-14-12-10-2)46-51(7)48(52)54-44-39-42-50(5,6)55-45-43-49(3,4)53-8/h47H,9-46H2,1-8H3. The minimum absolute atomic E-state index is 0.168. The SMILES string of the molecule is CCCCCCCCCCCCCCCCCC(CCCCCCCCCCCCCCCCC)CN(C)C(=O)OCCCC(C)(C)OCCC(C)(C)OC. The zero-order valence-corrected chi connectivity index (χ0v) is 39.0. The molecule has 0 radical (unpaired) electrons. The number of methoxy groups -OCH3 is 1. The highest BCUT2D eigenvalue weighted by atomic mass is 16.6. The van der Waals surface area contributed by atoms with E-state index in [0.717, 1.165) is 25.8 Å². The molecule has 1 amide bonds. The van der Waals surface area contributed by atoms with E-state index in [1.54, 1.807) is 7.11 Å². The fraction of sp³-hybridized carbons (Fsp3) is 0.980. The number of carbonyl (C=O) groups is 1. The van der Waals surface area contributed by atoms with Crippen molar-refractivity contribution < 1.29 is 19.0 Å². The topological polar surface area (TPSA) is 48.0 Å². The zero-order chi connectivity index (χ0) is 40.7. The number of carbonyl (C=O) groups excluding carboxylic acids is 1. The second kappa shape index (κ2) is 38.7. The van der Waals surface area contributed by atoms with Crippen molar-refractivity contribution in [2.45, 2.75) is 277 Å². The molecule has 0 aliphatic carbocycles. The first-order valence-electron chi connectivity index (χ1n) is 24.6. The molecule has 0 spiro atoms. The van der Waals surface area contributed by atoms with Gasteiger partial charge in [-0.2, -0.15) is 0 Å². The van der Waals surface area contributed by atoms with Gasteiger partial charge in [-0.1, -0.05) is 206 Å². The lowest BCUT2D eigenvalue weighted by atomic mass is 9.93. The highest BCUT2D eigenvalue weighted by Crippen LogP contribution is 2.23. The maximum absolute atomic E-state index is 13.0. The first-order valence-corrected chi connectivity index (χ1v) is 24.6. The Morgan fingerprint density at radius 2 is 0.818 bits per heavy atom. The van der Waals surface area contributed by atoms with Crippen molar-refractivity contribution in [2.75, 3.05) is 33.9 Å². The van der Waals surface area contributed by atoms with E-state index in [2.05, 4.69) is 41.5 Å². The molecule has 5 nitrogen and oxygen atoms in total. The van der Waals surface area contributed by atoms with Crippen LogP contribution in [-0.4, -0.2) is 56.1 Å². The van der Waals surface area contributed by atoms with Crippen molar-refractivity contribution in [3.05, 3.63) is 0 Å². The second-order valence-electron chi connectivity index (χ2n) is 18.8. The third-order valence-electron chi connectivity index (χ3n) is 12.2. The molecule has 5 heteroatoms. The maximum atomic E-state index is 13.0. The Bertz CT molecular complexity index is 765. The summed E-state index contributed by atoms with van der Waals surface area (Å²) in [5.41, 5.74) is -0.417. The van der Waals surface area contributed by atoms with Gasteiger partial charge in [-0.05, 0) is 65.7 Å². The number of rotatable bonds is 43. The van der Waals surface area contributed by atoms with Gasteiger partial charge in [-0.15, -0.1) is 0 Å². The summed E-state index contributed by atoms with van der Waals surface area (Å²) in [6.45, 7) is 15.0. The summed E-state index contributed by atoms with van der Waals surface area (Å²) in [5, 5.41) is 0. The number of hydrogen-bond donors (Lipinski definition) is 0. The van der Waals surface area contributed by atoms with Gasteiger partial charge in [0.25, 0.3) is 0 Å². The Kier molecular flexibility index (Phi) is 38.1. The van der Waals surface area contributed by atoms with Gasteiger partial charge in [0.2, 0.25) is 0 Å². The van der Waals surface area contributed by atoms with Crippen LogP contribution in [0.2, 0.25) is 0 Å². The average Bonchev–Trinajstić information content (AvgIpc) is 3.16. The fourth-order valence-electron chi connectivity index (χ4n) is 7.91. The Morgan fingerprint density at radius 3 is 1.16 bits per heavy atom. The van der Waals surface area contributed by atoms with Crippen LogP contribution >= 0.6 is 0 Å². The molecule has 0 N–H and O–H groups in total. The van der Waals surface area contributed by atoms with E-state index in [1.165, 1.54) is 205 Å². The van der Waals surface area contributed by atoms with Crippen LogP contribution in [0.3, 0.4) is 0 Å². The zero-order valence-electron chi connectivity index (χ0n) is 39.0. The van der Waals surface area contributed by atoms with Crippen LogP contribution in [0, 0.1) is 5.92 Å². The fourth-order valence-corrected chi connectivity index (χ4v) is 7.91. The van der Waals surface area contributed by atoms with E-state index >= 15 is 0 Å². The number of hydrogen-bond acceptors (Lipinski definition) is 4. The van der Waals surface area contributed by atoms with Gasteiger partial charge in [0.15, 0.2) is 0 Å². The molecule has 330 valence electrons. The van der Waals surface area contributed by atoms with Gasteiger partial charge < -0.3 is 19.1 Å². The summed E-state index contributed by atoms with van der Waals surface area (Å²) in [5.74, 6) is 0.574. The highest BCUT2D eigenvalue weighted by molar-refractivity contribution is 5.67. The first kappa shape index (κ1) is 54.2. The summed E-state index contributed by atoms with van der Waals surface area (Å²) < 4.78 is 17.4. The van der Waals surface area contributed by atoms with Gasteiger partial charge in [0.05, 0.1) is 24.4 Å². The van der Waals surface area contributed by atoms with E-state index in [0.29, 0.717) is 19.1 Å². The van der Waals surface area contributed by atoms with Crippen molar-refractivity contribution in [2.24, 2.45) is 5.92 Å². The molecule has 0 unspecified atom stereocenters. The molecule has 0 bridgehead atoms. The predicted molar refractivity (Wildman–Crippen MR) is 242 cm³/mol. The van der Waals surface area contributed by atoms with Gasteiger partial charge >= 0.3 is 6.09 Å². The number of amides is 1. The molecule has 0 rings (SSSR count). The number of nitrogens with zero attached hydrogens (tertiary/aromatic N) is 1. The van der Waals surface area contributed by atoms with E-state index in [-0.39, 0.29) is 17.3 Å². The molecule has 0 saturated heterocycles. The van der Waals surface area contributed by atoms with E-state index in [9.17, 15) is 4.79 Å². The van der Waals surface area contributed by atoms with Crippen molar-refractivity contribution in [1.29, 1.82) is 0 Å². The third kappa shape index (κ3) is 38.5. The van der Waals surface area contributed by atoms with E-state index in [1.807, 2.05) is 11.9 Å². The Labute approximate surface area is 346 Å². The van der Waals surface area contributed by atoms with E-state index < -0.39 is 0 Å². The monoisotopic (exact) mass is 780 g/mol. The van der Waals surface area contributed by atoms with Gasteiger partial charge in [0.1, 0.15) is 0 Å². The molecule has 0 heterocycles. The van der Waals surface area contributed by atoms with Gasteiger partial charge in [0, 0.05) is 20.7 Å². The lowest BCUT2D eigenvalue weighted by Gasteiger charge is -2.29. The molecule has 0 aromatic carbocycles. The molecule has 0 aliphatic rings. The van der Waals surface area contributed by atoms with Gasteiger partial charge in [-0.25, -0.2) is 4.79 Å². The molecule has 0 atom stereocenters. The van der Waals surface area contributed by atoms with Crippen LogP contribution in [0.15, 0.2) is 0 Å². The molecule has 0 fully saturated rings. The number of ether oxygens (including phenoxy) is 3. The minimum atomic E-state index is -0.242. The normalized spacial score (nSPS) is 12.2. The van der Waals surface area contributed by atoms with Crippen LogP contribution in [-0.2, 0) is 14.2 Å². The van der Waals surface area contributed by atoms with Gasteiger partial charge in [-0.3, -0.25) is 0 Å². The molecule has 55 heavy (non-hydrogen) atoms. The molecule has 0 aromatic heterocycles. The van der Waals surface area contributed by atoms with Crippen molar-refractivity contribution >= 4 is 6.09 Å². The molecule has 0 aromatic rings. The summed E-state index contributed by atoms with van der Waals surface area (Å²) in [4.78, 5) is 14.9. The Balaban J connectivity index is 4.39. The smallest absolute Gasteiger partial charge is 0.409 e. The van der Waals surface area contributed by atoms with Crippen molar-refractivity contribution in [3.63, 3.8) is 0 Å². The van der Waals surface area contributed by atoms with Crippen LogP contribution in [0.4, 0.5) is 4.79 Å². The average molecular weight is 780 g/mol. The molecular weight excluding hydrogens is 679 g/mol. The Hall–Kier alpha value is -0.810. The van der Waals surface area contributed by atoms with Crippen LogP contribution in [0.25, 0.3) is 0 Å². The largest absolute Gasteiger partial charge is 0.449 e. The summed E-state index contributed by atoms with van der Waals surface area (Å²) >= 11 is 0. The van der Waals surface area contributed by atoms with Crippen LogP contribution in [0.1, 0.15) is 266 Å². The lowest BCUT2D eigenvalue weighted by molar-refractivity contribution is -0.0632. The van der Waals surface area contributed by atoms with Crippen LogP contribution in [0.5, 0.6) is 0 Å². The van der Waals surface area contributed by atoms with E-state index in [4.69, 9.17) is 14.2 Å². The summed E-state index contributed by atoms with van der Waals surface area (Å²) in [7, 11) is 3.69. The summed E-state index contributed by atoms with van der Waals surface area (Å²) in [6, 6.07) is 0. The number of unbranched alkanes of at least 4 members (excludes halogenated alkanes) is 28. The lowest BCUT2D eigenvalue weighted by Crippen LogP contribution is -2.33. The maximum Gasteiger partial charge on any atom is 0.409 e. The summed E-state index contributed by atoms with van der Waals surface area (Å²) in [6.07, 6.45) is 46.9. The molecular formula is C50H101NO4. The molecule has 0 aliphatic heterocycles. The van der Waals surface area contributed by atoms with Crippen LogP contribution < -0.4 is 0 Å².